The van der Waals surface area contributed by atoms with Crippen LogP contribution >= 0.6 is 27.5 Å². The van der Waals surface area contributed by atoms with Gasteiger partial charge < -0.3 is 5.32 Å². The Labute approximate surface area is 128 Å². The second-order valence-corrected chi connectivity index (χ2v) is 6.17. The molecule has 0 spiro atoms. The minimum absolute atomic E-state index is 0.286. The lowest BCUT2D eigenvalue weighted by Gasteiger charge is -2.24. The van der Waals surface area contributed by atoms with Crippen LogP contribution in [-0.4, -0.2) is 0 Å². The molecule has 0 saturated heterocycles. The molecule has 0 aliphatic carbocycles. The van der Waals surface area contributed by atoms with Crippen molar-refractivity contribution in [2.45, 2.75) is 19.9 Å². The summed E-state index contributed by atoms with van der Waals surface area (Å²) in [5.74, 6) is 0.497. The van der Waals surface area contributed by atoms with Gasteiger partial charge in [-0.05, 0) is 45.6 Å². The van der Waals surface area contributed by atoms with E-state index in [9.17, 15) is 0 Å². The smallest absolute Gasteiger partial charge is 0.0549 e. The van der Waals surface area contributed by atoms with Crippen LogP contribution in [0.3, 0.4) is 0 Å². The molecule has 1 atom stereocenters. The molecule has 100 valence electrons. The predicted molar refractivity (Wildman–Crippen MR) is 86.8 cm³/mol. The standard InChI is InChI=1S/C16H17BrClN/c1-11(2)16(12-6-4-3-5-7-12)19-13-8-9-15(18)14(17)10-13/h3-11,16,19H,1-2H3. The van der Waals surface area contributed by atoms with Gasteiger partial charge in [0.15, 0.2) is 0 Å². The molecular formula is C16H17BrClN. The van der Waals surface area contributed by atoms with Crippen molar-refractivity contribution in [2.24, 2.45) is 5.92 Å². The molecule has 2 aromatic rings. The highest BCUT2D eigenvalue weighted by molar-refractivity contribution is 9.10. The van der Waals surface area contributed by atoms with Crippen molar-refractivity contribution in [3.63, 3.8) is 0 Å². The molecule has 0 saturated carbocycles. The van der Waals surface area contributed by atoms with Gasteiger partial charge in [-0.3, -0.25) is 0 Å². The number of hydrogen-bond acceptors (Lipinski definition) is 1. The Morgan fingerprint density at radius 1 is 1.05 bits per heavy atom. The van der Waals surface area contributed by atoms with Gasteiger partial charge in [-0.2, -0.15) is 0 Å². The first-order chi connectivity index (χ1) is 9.08. The SMILES string of the molecule is CC(C)C(Nc1ccc(Cl)c(Br)c1)c1ccccc1. The first-order valence-electron chi connectivity index (χ1n) is 6.34. The Hall–Kier alpha value is -0.990. The second kappa shape index (κ2) is 6.44. The lowest BCUT2D eigenvalue weighted by atomic mass is 9.96. The van der Waals surface area contributed by atoms with E-state index in [2.05, 4.69) is 59.4 Å². The van der Waals surface area contributed by atoms with Crippen LogP contribution in [0.4, 0.5) is 5.69 Å². The third-order valence-electron chi connectivity index (χ3n) is 3.07. The number of nitrogens with one attached hydrogen (secondary N) is 1. The fraction of sp³-hybridized carbons (Fsp3) is 0.250. The molecular weight excluding hydrogens is 322 g/mol. The van der Waals surface area contributed by atoms with Crippen molar-refractivity contribution in [3.05, 3.63) is 63.6 Å². The summed E-state index contributed by atoms with van der Waals surface area (Å²) in [5, 5.41) is 4.30. The van der Waals surface area contributed by atoms with E-state index in [0.717, 1.165) is 15.2 Å². The Bertz CT molecular complexity index is 540. The van der Waals surface area contributed by atoms with Gasteiger partial charge in [-0.1, -0.05) is 55.8 Å². The van der Waals surface area contributed by atoms with E-state index in [1.165, 1.54) is 5.56 Å². The number of benzene rings is 2. The lowest BCUT2D eigenvalue weighted by Crippen LogP contribution is -2.16. The summed E-state index contributed by atoms with van der Waals surface area (Å²) in [6.07, 6.45) is 0. The summed E-state index contributed by atoms with van der Waals surface area (Å²) in [6, 6.07) is 16.7. The lowest BCUT2D eigenvalue weighted by molar-refractivity contribution is 0.546. The maximum atomic E-state index is 6.02. The monoisotopic (exact) mass is 337 g/mol. The summed E-state index contributed by atoms with van der Waals surface area (Å²) in [7, 11) is 0. The van der Waals surface area contributed by atoms with Crippen molar-refractivity contribution in [2.75, 3.05) is 5.32 Å². The third-order valence-corrected chi connectivity index (χ3v) is 4.28. The summed E-state index contributed by atoms with van der Waals surface area (Å²) < 4.78 is 0.912. The van der Waals surface area contributed by atoms with Crippen molar-refractivity contribution < 1.29 is 0 Å². The molecule has 0 fully saturated rings. The molecule has 1 nitrogen and oxygen atoms in total. The van der Waals surface area contributed by atoms with E-state index < -0.39 is 0 Å². The van der Waals surface area contributed by atoms with Crippen LogP contribution in [0, 0.1) is 5.92 Å². The van der Waals surface area contributed by atoms with E-state index in [0.29, 0.717) is 5.92 Å². The minimum atomic E-state index is 0.286. The van der Waals surface area contributed by atoms with Gasteiger partial charge in [-0.15, -0.1) is 0 Å². The van der Waals surface area contributed by atoms with E-state index in [1.54, 1.807) is 0 Å². The van der Waals surface area contributed by atoms with Gasteiger partial charge in [0.1, 0.15) is 0 Å². The van der Waals surface area contributed by atoms with Crippen molar-refractivity contribution in [3.8, 4) is 0 Å². The molecule has 0 amide bonds. The topological polar surface area (TPSA) is 12.0 Å². The molecule has 1 unspecified atom stereocenters. The summed E-state index contributed by atoms with van der Waals surface area (Å²) in [6.45, 7) is 4.44. The Kier molecular flexibility index (Phi) is 4.89. The number of halogens is 2. The Morgan fingerprint density at radius 3 is 2.32 bits per heavy atom. The summed E-state index contributed by atoms with van der Waals surface area (Å²) in [4.78, 5) is 0. The van der Waals surface area contributed by atoms with Crippen LogP contribution < -0.4 is 5.32 Å². The van der Waals surface area contributed by atoms with Crippen LogP contribution in [0.25, 0.3) is 0 Å². The van der Waals surface area contributed by atoms with E-state index in [4.69, 9.17) is 11.6 Å². The Balaban J connectivity index is 2.24. The molecule has 2 rings (SSSR count). The van der Waals surface area contributed by atoms with Crippen molar-refractivity contribution in [1.29, 1.82) is 0 Å². The van der Waals surface area contributed by atoms with E-state index in [1.807, 2.05) is 24.3 Å². The van der Waals surface area contributed by atoms with E-state index >= 15 is 0 Å². The van der Waals surface area contributed by atoms with Gasteiger partial charge >= 0.3 is 0 Å². The molecule has 0 aromatic heterocycles. The van der Waals surface area contributed by atoms with Gasteiger partial charge in [0.2, 0.25) is 0 Å². The number of hydrogen-bond donors (Lipinski definition) is 1. The number of rotatable bonds is 4. The largest absolute Gasteiger partial charge is 0.378 e. The average Bonchev–Trinajstić information content (AvgIpc) is 2.40. The predicted octanol–water partition coefficient (Wildman–Crippen LogP) is 5.91. The highest BCUT2D eigenvalue weighted by Gasteiger charge is 2.15. The molecule has 1 N–H and O–H groups in total. The van der Waals surface area contributed by atoms with Crippen molar-refractivity contribution in [1.82, 2.24) is 0 Å². The van der Waals surface area contributed by atoms with E-state index in [-0.39, 0.29) is 6.04 Å². The zero-order valence-corrected chi connectivity index (χ0v) is 13.4. The van der Waals surface area contributed by atoms with Gasteiger partial charge in [0, 0.05) is 10.2 Å². The zero-order chi connectivity index (χ0) is 13.8. The molecule has 0 radical (unpaired) electrons. The van der Waals surface area contributed by atoms with Crippen LogP contribution in [0.2, 0.25) is 5.02 Å². The van der Waals surface area contributed by atoms with Crippen LogP contribution in [0.15, 0.2) is 53.0 Å². The normalized spacial score (nSPS) is 12.5. The highest BCUT2D eigenvalue weighted by Crippen LogP contribution is 2.30. The summed E-state index contributed by atoms with van der Waals surface area (Å²) >= 11 is 9.48. The molecule has 0 bridgehead atoms. The molecule has 0 heterocycles. The van der Waals surface area contributed by atoms with Gasteiger partial charge in [0.25, 0.3) is 0 Å². The molecule has 3 heteroatoms. The molecule has 2 aromatic carbocycles. The first-order valence-corrected chi connectivity index (χ1v) is 7.51. The van der Waals surface area contributed by atoms with Crippen LogP contribution in [0.1, 0.15) is 25.5 Å². The van der Waals surface area contributed by atoms with Crippen LogP contribution in [-0.2, 0) is 0 Å². The maximum Gasteiger partial charge on any atom is 0.0549 e. The average molecular weight is 339 g/mol. The highest BCUT2D eigenvalue weighted by atomic mass is 79.9. The van der Waals surface area contributed by atoms with Crippen molar-refractivity contribution >= 4 is 33.2 Å². The van der Waals surface area contributed by atoms with Crippen LogP contribution in [0.5, 0.6) is 0 Å². The molecule has 19 heavy (non-hydrogen) atoms. The van der Waals surface area contributed by atoms with Gasteiger partial charge in [0.05, 0.1) is 11.1 Å². The second-order valence-electron chi connectivity index (χ2n) is 4.91. The minimum Gasteiger partial charge on any atom is -0.378 e. The molecule has 0 aliphatic heterocycles. The Morgan fingerprint density at radius 2 is 1.74 bits per heavy atom. The van der Waals surface area contributed by atoms with Gasteiger partial charge in [-0.25, -0.2) is 0 Å². The fourth-order valence-electron chi connectivity index (χ4n) is 2.06. The zero-order valence-electron chi connectivity index (χ0n) is 11.0. The molecule has 0 aliphatic rings. The number of anilines is 1. The third kappa shape index (κ3) is 3.74. The maximum absolute atomic E-state index is 6.02. The fourth-order valence-corrected chi connectivity index (χ4v) is 2.56. The quantitative estimate of drug-likeness (QED) is 0.730. The first kappa shape index (κ1) is 14.4. The summed E-state index contributed by atoms with van der Waals surface area (Å²) in [5.41, 5.74) is 2.36.